The molecule has 0 aliphatic carbocycles. The summed E-state index contributed by atoms with van der Waals surface area (Å²) in [6.07, 6.45) is 0. The average Bonchev–Trinajstić information content (AvgIpc) is 2.75. The molecule has 0 fully saturated rings. The zero-order valence-electron chi connectivity index (χ0n) is 9.19. The molecule has 3 rings (SSSR count). The van der Waals surface area contributed by atoms with Gasteiger partial charge in [0.15, 0.2) is 5.76 Å². The first-order valence-electron chi connectivity index (χ1n) is 5.23. The number of fused-ring (bicyclic) bond motifs is 1. The van der Waals surface area contributed by atoms with Crippen LogP contribution >= 0.6 is 11.8 Å². The molecule has 4 nitrogen and oxygen atoms in total. The lowest BCUT2D eigenvalue weighted by molar-refractivity contribution is -0.113. The lowest BCUT2D eigenvalue weighted by Gasteiger charge is -2.16. The van der Waals surface area contributed by atoms with Gasteiger partial charge in [0.05, 0.1) is 17.1 Å². The molecule has 1 aliphatic rings. The fourth-order valence-electron chi connectivity index (χ4n) is 1.74. The van der Waals surface area contributed by atoms with Crippen molar-refractivity contribution in [2.75, 3.05) is 11.1 Å². The number of nitrogens with one attached hydrogen (secondary N) is 1. The van der Waals surface area contributed by atoms with E-state index in [1.807, 2.05) is 31.2 Å². The smallest absolute Gasteiger partial charge is 0.234 e. The number of aryl methyl sites for hydroxylation is 1. The van der Waals surface area contributed by atoms with Gasteiger partial charge in [-0.1, -0.05) is 5.16 Å². The highest BCUT2D eigenvalue weighted by molar-refractivity contribution is 8.00. The third kappa shape index (κ3) is 1.93. The first-order valence-corrected chi connectivity index (χ1v) is 6.21. The SMILES string of the molecule is Cc1cc(-c2ccc3c(c2)NC(=O)CS3)on1. The predicted octanol–water partition coefficient (Wildman–Crippen LogP) is 2.69. The highest BCUT2D eigenvalue weighted by Crippen LogP contribution is 2.34. The number of hydrogen-bond acceptors (Lipinski definition) is 4. The van der Waals surface area contributed by atoms with E-state index in [4.69, 9.17) is 4.52 Å². The van der Waals surface area contributed by atoms with Crippen LogP contribution in [0.1, 0.15) is 5.69 Å². The predicted molar refractivity (Wildman–Crippen MR) is 66.0 cm³/mol. The van der Waals surface area contributed by atoms with Gasteiger partial charge in [0.2, 0.25) is 5.91 Å². The van der Waals surface area contributed by atoms with Crippen LogP contribution in [0.2, 0.25) is 0 Å². The molecule has 2 heterocycles. The molecule has 1 aromatic heterocycles. The number of aromatic nitrogens is 1. The third-order valence-electron chi connectivity index (χ3n) is 2.52. The number of amides is 1. The Morgan fingerprint density at radius 2 is 2.29 bits per heavy atom. The van der Waals surface area contributed by atoms with Crippen molar-refractivity contribution in [1.29, 1.82) is 0 Å². The molecule has 1 aromatic carbocycles. The fraction of sp³-hybridized carbons (Fsp3) is 0.167. The standard InChI is InChI=1S/C12H10N2O2S/c1-7-4-10(16-14-7)8-2-3-11-9(5-8)13-12(15)6-17-11/h2-5H,6H2,1H3,(H,13,15). The summed E-state index contributed by atoms with van der Waals surface area (Å²) in [7, 11) is 0. The molecule has 0 saturated heterocycles. The van der Waals surface area contributed by atoms with Crippen molar-refractivity contribution < 1.29 is 9.32 Å². The quantitative estimate of drug-likeness (QED) is 0.840. The number of nitrogens with zero attached hydrogens (tertiary/aromatic N) is 1. The highest BCUT2D eigenvalue weighted by atomic mass is 32.2. The maximum absolute atomic E-state index is 11.3. The van der Waals surface area contributed by atoms with E-state index in [2.05, 4.69) is 10.5 Å². The van der Waals surface area contributed by atoms with Gasteiger partial charge in [0, 0.05) is 16.5 Å². The Hall–Kier alpha value is -1.75. The summed E-state index contributed by atoms with van der Waals surface area (Å²) >= 11 is 1.55. The first kappa shape index (κ1) is 10.4. The molecule has 0 unspecified atom stereocenters. The molecule has 0 saturated carbocycles. The molecule has 5 heteroatoms. The van der Waals surface area contributed by atoms with Crippen molar-refractivity contribution >= 4 is 23.4 Å². The van der Waals surface area contributed by atoms with Gasteiger partial charge in [-0.15, -0.1) is 11.8 Å². The Balaban J connectivity index is 2.03. The Labute approximate surface area is 102 Å². The summed E-state index contributed by atoms with van der Waals surface area (Å²) in [5, 5.41) is 6.71. The monoisotopic (exact) mass is 246 g/mol. The fourth-order valence-corrected chi connectivity index (χ4v) is 2.52. The molecule has 1 N–H and O–H groups in total. The second-order valence-corrected chi connectivity index (χ2v) is 4.90. The first-order chi connectivity index (χ1) is 8.22. The van der Waals surface area contributed by atoms with Gasteiger partial charge in [0.25, 0.3) is 0 Å². The van der Waals surface area contributed by atoms with Crippen molar-refractivity contribution in [2.24, 2.45) is 0 Å². The van der Waals surface area contributed by atoms with Crippen molar-refractivity contribution in [3.05, 3.63) is 30.0 Å². The van der Waals surface area contributed by atoms with Gasteiger partial charge in [-0.3, -0.25) is 4.79 Å². The number of carbonyl (C=O) groups excluding carboxylic acids is 1. The molecule has 17 heavy (non-hydrogen) atoms. The normalized spacial score (nSPS) is 14.3. The van der Waals surface area contributed by atoms with E-state index in [1.165, 1.54) is 0 Å². The minimum atomic E-state index is 0.0356. The summed E-state index contributed by atoms with van der Waals surface area (Å²) in [5.41, 5.74) is 2.61. The number of rotatable bonds is 1. The molecular formula is C12H10N2O2S. The van der Waals surface area contributed by atoms with Gasteiger partial charge in [-0.05, 0) is 25.1 Å². The third-order valence-corrected chi connectivity index (χ3v) is 3.60. The van der Waals surface area contributed by atoms with E-state index in [1.54, 1.807) is 11.8 Å². The zero-order valence-corrected chi connectivity index (χ0v) is 10.0. The van der Waals surface area contributed by atoms with Gasteiger partial charge < -0.3 is 9.84 Å². The van der Waals surface area contributed by atoms with Gasteiger partial charge in [-0.2, -0.15) is 0 Å². The summed E-state index contributed by atoms with van der Waals surface area (Å²) in [6, 6.07) is 7.76. The number of benzene rings is 1. The molecule has 0 spiro atoms. The van der Waals surface area contributed by atoms with Crippen LogP contribution in [0.4, 0.5) is 5.69 Å². The largest absolute Gasteiger partial charge is 0.356 e. The molecule has 0 atom stereocenters. The van der Waals surface area contributed by atoms with Crippen molar-refractivity contribution in [1.82, 2.24) is 5.16 Å². The minimum absolute atomic E-state index is 0.0356. The molecule has 1 aliphatic heterocycles. The zero-order chi connectivity index (χ0) is 11.8. The molecule has 0 radical (unpaired) electrons. The van der Waals surface area contributed by atoms with E-state index in [0.717, 1.165) is 27.6 Å². The summed E-state index contributed by atoms with van der Waals surface area (Å²) in [6.45, 7) is 1.88. The topological polar surface area (TPSA) is 55.1 Å². The number of anilines is 1. The van der Waals surface area contributed by atoms with Crippen LogP contribution in [0.3, 0.4) is 0 Å². The van der Waals surface area contributed by atoms with Gasteiger partial charge in [0.1, 0.15) is 0 Å². The van der Waals surface area contributed by atoms with Crippen LogP contribution in [0.15, 0.2) is 33.7 Å². The van der Waals surface area contributed by atoms with Crippen LogP contribution in [-0.4, -0.2) is 16.8 Å². The van der Waals surface area contributed by atoms with Crippen molar-refractivity contribution in [3.8, 4) is 11.3 Å². The molecule has 1 amide bonds. The number of thioether (sulfide) groups is 1. The molecule has 2 aromatic rings. The van der Waals surface area contributed by atoms with Crippen LogP contribution in [0.5, 0.6) is 0 Å². The maximum Gasteiger partial charge on any atom is 0.234 e. The number of carbonyl (C=O) groups is 1. The van der Waals surface area contributed by atoms with E-state index in [9.17, 15) is 4.79 Å². The Bertz CT molecular complexity index is 592. The van der Waals surface area contributed by atoms with Crippen LogP contribution in [0.25, 0.3) is 11.3 Å². The van der Waals surface area contributed by atoms with Crippen molar-refractivity contribution in [2.45, 2.75) is 11.8 Å². The van der Waals surface area contributed by atoms with Crippen LogP contribution in [0, 0.1) is 6.92 Å². The Morgan fingerprint density at radius 1 is 1.41 bits per heavy atom. The summed E-state index contributed by atoms with van der Waals surface area (Å²) in [4.78, 5) is 12.4. The van der Waals surface area contributed by atoms with E-state index in [-0.39, 0.29) is 5.91 Å². The van der Waals surface area contributed by atoms with Crippen LogP contribution in [-0.2, 0) is 4.79 Å². The molecule has 0 bridgehead atoms. The highest BCUT2D eigenvalue weighted by Gasteiger charge is 2.16. The van der Waals surface area contributed by atoms with Crippen molar-refractivity contribution in [3.63, 3.8) is 0 Å². The Morgan fingerprint density at radius 3 is 3.06 bits per heavy atom. The van der Waals surface area contributed by atoms with Crippen LogP contribution < -0.4 is 5.32 Å². The summed E-state index contributed by atoms with van der Waals surface area (Å²) in [5.74, 6) is 1.23. The lowest BCUT2D eigenvalue weighted by atomic mass is 10.1. The lowest BCUT2D eigenvalue weighted by Crippen LogP contribution is -2.18. The maximum atomic E-state index is 11.3. The molecule has 86 valence electrons. The second-order valence-electron chi connectivity index (χ2n) is 3.88. The van der Waals surface area contributed by atoms with E-state index < -0.39 is 0 Å². The van der Waals surface area contributed by atoms with Gasteiger partial charge in [-0.25, -0.2) is 0 Å². The summed E-state index contributed by atoms with van der Waals surface area (Å²) < 4.78 is 5.20. The minimum Gasteiger partial charge on any atom is -0.356 e. The number of hydrogen-bond donors (Lipinski definition) is 1. The average molecular weight is 246 g/mol. The van der Waals surface area contributed by atoms with E-state index >= 15 is 0 Å². The molecular weight excluding hydrogens is 236 g/mol. The van der Waals surface area contributed by atoms with E-state index in [0.29, 0.717) is 5.75 Å². The van der Waals surface area contributed by atoms with Gasteiger partial charge >= 0.3 is 0 Å². The second kappa shape index (κ2) is 3.92. The Kier molecular flexibility index (Phi) is 2.40.